The SMILES string of the molecule is CCCCCCC(C)(C(C)=CCSC(C)C)C(C)C(C)C. The summed E-state index contributed by atoms with van der Waals surface area (Å²) in [6.45, 7) is 19.0. The summed E-state index contributed by atoms with van der Waals surface area (Å²) in [4.78, 5) is 0. The molecule has 0 radical (unpaired) electrons. The number of thioether (sulfide) groups is 1. The molecule has 0 amide bonds. The van der Waals surface area contributed by atoms with Crippen LogP contribution in [0.15, 0.2) is 11.6 Å². The maximum absolute atomic E-state index is 2.51. The van der Waals surface area contributed by atoms with Gasteiger partial charge in [0.25, 0.3) is 0 Å². The molecule has 0 aliphatic carbocycles. The average Bonchev–Trinajstić information content (AvgIpc) is 2.41. The summed E-state index contributed by atoms with van der Waals surface area (Å²) in [7, 11) is 0. The third-order valence-electron chi connectivity index (χ3n) is 5.27. The molecule has 0 aliphatic rings. The van der Waals surface area contributed by atoms with Crippen LogP contribution in [-0.2, 0) is 0 Å². The van der Waals surface area contributed by atoms with Crippen LogP contribution in [0, 0.1) is 17.3 Å². The Labute approximate surface area is 139 Å². The Hall–Kier alpha value is 0.0900. The van der Waals surface area contributed by atoms with E-state index < -0.39 is 0 Å². The summed E-state index contributed by atoms with van der Waals surface area (Å²) in [6, 6.07) is 0. The van der Waals surface area contributed by atoms with Gasteiger partial charge in [-0.25, -0.2) is 0 Å². The summed E-state index contributed by atoms with van der Waals surface area (Å²) in [5.74, 6) is 2.67. The lowest BCUT2D eigenvalue weighted by Crippen LogP contribution is -2.30. The van der Waals surface area contributed by atoms with Gasteiger partial charge in [-0.05, 0) is 35.8 Å². The van der Waals surface area contributed by atoms with E-state index in [1.54, 1.807) is 5.57 Å². The van der Waals surface area contributed by atoms with Crippen LogP contribution in [0.1, 0.15) is 87.5 Å². The van der Waals surface area contributed by atoms with Crippen molar-refractivity contribution in [3.8, 4) is 0 Å². The van der Waals surface area contributed by atoms with Gasteiger partial charge in [-0.15, -0.1) is 0 Å². The fourth-order valence-corrected chi connectivity index (χ4v) is 3.77. The normalized spacial score (nSPS) is 17.3. The minimum Gasteiger partial charge on any atom is -0.155 e. The first-order chi connectivity index (χ1) is 9.75. The highest BCUT2D eigenvalue weighted by Gasteiger charge is 2.33. The predicted octanol–water partition coefficient (Wildman–Crippen LogP) is 7.34. The first-order valence-electron chi connectivity index (χ1n) is 9.04. The van der Waals surface area contributed by atoms with Crippen LogP contribution in [0.2, 0.25) is 0 Å². The van der Waals surface area contributed by atoms with Crippen LogP contribution in [0.3, 0.4) is 0 Å². The smallest absolute Gasteiger partial charge is 0.0118 e. The molecule has 0 aromatic rings. The second-order valence-corrected chi connectivity index (χ2v) is 9.14. The van der Waals surface area contributed by atoms with Gasteiger partial charge in [0.05, 0.1) is 0 Å². The minimum atomic E-state index is 0.374. The first kappa shape index (κ1) is 21.1. The van der Waals surface area contributed by atoms with Crippen molar-refractivity contribution in [1.29, 1.82) is 0 Å². The van der Waals surface area contributed by atoms with Gasteiger partial charge in [0, 0.05) is 5.75 Å². The van der Waals surface area contributed by atoms with Gasteiger partial charge in [0.1, 0.15) is 0 Å². The van der Waals surface area contributed by atoms with Crippen LogP contribution >= 0.6 is 11.8 Å². The Morgan fingerprint density at radius 2 is 1.67 bits per heavy atom. The van der Waals surface area contributed by atoms with Crippen molar-refractivity contribution in [2.75, 3.05) is 5.75 Å². The molecule has 2 atom stereocenters. The molecule has 0 heterocycles. The van der Waals surface area contributed by atoms with Gasteiger partial charge in [-0.3, -0.25) is 0 Å². The van der Waals surface area contributed by atoms with Gasteiger partial charge in [0.15, 0.2) is 0 Å². The molecule has 0 saturated heterocycles. The van der Waals surface area contributed by atoms with Crippen molar-refractivity contribution in [2.24, 2.45) is 17.3 Å². The number of allylic oxidation sites excluding steroid dienone is 1. The molecule has 0 saturated carbocycles. The van der Waals surface area contributed by atoms with Crippen LogP contribution in [0.5, 0.6) is 0 Å². The maximum atomic E-state index is 2.51. The second-order valence-electron chi connectivity index (χ2n) is 7.53. The van der Waals surface area contributed by atoms with Crippen LogP contribution < -0.4 is 0 Å². The zero-order chi connectivity index (χ0) is 16.5. The molecule has 0 aromatic carbocycles. The second kappa shape index (κ2) is 10.8. The molecule has 126 valence electrons. The molecule has 0 fully saturated rings. The quantitative estimate of drug-likeness (QED) is 0.284. The highest BCUT2D eigenvalue weighted by Crippen LogP contribution is 2.43. The van der Waals surface area contributed by atoms with Crippen LogP contribution in [-0.4, -0.2) is 11.0 Å². The number of hydrogen-bond acceptors (Lipinski definition) is 1. The molecule has 2 unspecified atom stereocenters. The topological polar surface area (TPSA) is 0 Å². The first-order valence-corrected chi connectivity index (χ1v) is 10.1. The Morgan fingerprint density at radius 3 is 2.14 bits per heavy atom. The van der Waals surface area contributed by atoms with Crippen molar-refractivity contribution in [3.63, 3.8) is 0 Å². The minimum absolute atomic E-state index is 0.374. The Bertz CT molecular complexity index is 290. The number of unbranched alkanes of at least 4 members (excludes halogenated alkanes) is 3. The number of hydrogen-bond donors (Lipinski definition) is 0. The van der Waals surface area contributed by atoms with E-state index in [-0.39, 0.29) is 0 Å². The highest BCUT2D eigenvalue weighted by atomic mass is 32.2. The fraction of sp³-hybridized carbons (Fsp3) is 0.900. The molecule has 0 rings (SSSR count). The molecule has 1 heteroatoms. The lowest BCUT2D eigenvalue weighted by Gasteiger charge is -2.40. The van der Waals surface area contributed by atoms with E-state index in [2.05, 4.69) is 73.2 Å². The predicted molar refractivity (Wildman–Crippen MR) is 102 cm³/mol. The standard InChI is InChI=1S/C20H40S/c1-9-10-11-12-14-20(8,19(7)16(2)3)18(6)13-15-21-17(4)5/h13,16-17,19H,9-12,14-15H2,1-8H3. The number of rotatable bonds is 11. The summed E-state index contributed by atoms with van der Waals surface area (Å²) in [5.41, 5.74) is 1.99. The van der Waals surface area contributed by atoms with E-state index in [0.717, 1.165) is 17.1 Å². The summed E-state index contributed by atoms with van der Waals surface area (Å²) < 4.78 is 0. The summed E-state index contributed by atoms with van der Waals surface area (Å²) >= 11 is 2.05. The van der Waals surface area contributed by atoms with Gasteiger partial charge >= 0.3 is 0 Å². The monoisotopic (exact) mass is 312 g/mol. The van der Waals surface area contributed by atoms with Gasteiger partial charge in [-0.2, -0.15) is 11.8 Å². The Kier molecular flexibility index (Phi) is 10.8. The van der Waals surface area contributed by atoms with Crippen molar-refractivity contribution in [2.45, 2.75) is 92.7 Å². The fourth-order valence-electron chi connectivity index (χ4n) is 3.04. The Balaban J connectivity index is 4.84. The summed E-state index contributed by atoms with van der Waals surface area (Å²) in [6.07, 6.45) is 9.34. The van der Waals surface area contributed by atoms with E-state index in [0.29, 0.717) is 5.41 Å². The van der Waals surface area contributed by atoms with Crippen molar-refractivity contribution < 1.29 is 0 Å². The molecule has 0 aromatic heterocycles. The lowest BCUT2D eigenvalue weighted by molar-refractivity contribution is 0.176. The molecule has 0 spiro atoms. The van der Waals surface area contributed by atoms with E-state index in [4.69, 9.17) is 0 Å². The van der Waals surface area contributed by atoms with Gasteiger partial charge < -0.3 is 0 Å². The third kappa shape index (κ3) is 7.77. The van der Waals surface area contributed by atoms with Crippen molar-refractivity contribution >= 4 is 11.8 Å². The van der Waals surface area contributed by atoms with Gasteiger partial charge in [0.2, 0.25) is 0 Å². The van der Waals surface area contributed by atoms with Gasteiger partial charge in [-0.1, -0.05) is 85.8 Å². The molecule has 0 nitrogen and oxygen atoms in total. The zero-order valence-corrected chi connectivity index (χ0v) is 16.8. The highest BCUT2D eigenvalue weighted by molar-refractivity contribution is 8.00. The van der Waals surface area contributed by atoms with E-state index in [1.165, 1.54) is 37.9 Å². The molecule has 21 heavy (non-hydrogen) atoms. The largest absolute Gasteiger partial charge is 0.155 e. The van der Waals surface area contributed by atoms with Crippen molar-refractivity contribution in [3.05, 3.63) is 11.6 Å². The maximum Gasteiger partial charge on any atom is 0.0118 e. The third-order valence-corrected chi connectivity index (χ3v) is 6.30. The Morgan fingerprint density at radius 1 is 1.05 bits per heavy atom. The van der Waals surface area contributed by atoms with E-state index in [9.17, 15) is 0 Å². The summed E-state index contributed by atoms with van der Waals surface area (Å²) in [5, 5.41) is 0.729. The molecule has 0 bridgehead atoms. The van der Waals surface area contributed by atoms with E-state index in [1.807, 2.05) is 0 Å². The zero-order valence-electron chi connectivity index (χ0n) is 16.0. The average molecular weight is 313 g/mol. The molecule has 0 aliphatic heterocycles. The molecule has 0 N–H and O–H groups in total. The lowest BCUT2D eigenvalue weighted by atomic mass is 9.65. The van der Waals surface area contributed by atoms with Crippen LogP contribution in [0.25, 0.3) is 0 Å². The van der Waals surface area contributed by atoms with Crippen molar-refractivity contribution in [1.82, 2.24) is 0 Å². The molecular formula is C20H40S. The van der Waals surface area contributed by atoms with E-state index >= 15 is 0 Å². The molecular weight excluding hydrogens is 272 g/mol. The van der Waals surface area contributed by atoms with Crippen LogP contribution in [0.4, 0.5) is 0 Å².